The average molecular weight is 253 g/mol. The Morgan fingerprint density at radius 3 is 2.88 bits per heavy atom. The molecule has 0 bridgehead atoms. The van der Waals surface area contributed by atoms with Crippen molar-refractivity contribution in [3.8, 4) is 11.4 Å². The largest absolute Gasteiger partial charge is 0.495 e. The van der Waals surface area contributed by atoms with Crippen molar-refractivity contribution in [2.45, 2.75) is 6.42 Å². The van der Waals surface area contributed by atoms with E-state index in [9.17, 15) is 0 Å². The van der Waals surface area contributed by atoms with Crippen LogP contribution in [-0.2, 0) is 6.42 Å². The van der Waals surface area contributed by atoms with Crippen molar-refractivity contribution in [2.75, 3.05) is 13.7 Å². The van der Waals surface area contributed by atoms with E-state index in [-0.39, 0.29) is 6.61 Å². The molecule has 2 aromatic rings. The van der Waals surface area contributed by atoms with Gasteiger partial charge in [-0.1, -0.05) is 11.6 Å². The maximum atomic E-state index is 8.83. The lowest BCUT2D eigenvalue weighted by molar-refractivity contribution is 0.298. The van der Waals surface area contributed by atoms with Gasteiger partial charge >= 0.3 is 0 Å². The maximum absolute atomic E-state index is 8.83. The number of hydrogen-bond donors (Lipinski definition) is 1. The molecular formula is C12H13ClN2O2. The molecule has 90 valence electrons. The van der Waals surface area contributed by atoms with Gasteiger partial charge in [-0.05, 0) is 24.3 Å². The molecule has 1 aromatic heterocycles. The second-order valence-corrected chi connectivity index (χ2v) is 3.95. The molecular weight excluding hydrogens is 240 g/mol. The fourth-order valence-corrected chi connectivity index (χ4v) is 1.80. The van der Waals surface area contributed by atoms with Gasteiger partial charge in [0.2, 0.25) is 0 Å². The van der Waals surface area contributed by atoms with Crippen LogP contribution < -0.4 is 4.74 Å². The van der Waals surface area contributed by atoms with E-state index in [1.807, 2.05) is 18.3 Å². The summed E-state index contributed by atoms with van der Waals surface area (Å²) in [7, 11) is 1.58. The van der Waals surface area contributed by atoms with Gasteiger partial charge in [0.05, 0.1) is 23.5 Å². The molecule has 1 aromatic carbocycles. The number of methoxy groups -OCH3 is 1. The van der Waals surface area contributed by atoms with Gasteiger partial charge in [-0.3, -0.25) is 0 Å². The zero-order chi connectivity index (χ0) is 12.3. The SMILES string of the molecule is COc1ccc(-n2ccc(CCO)n2)cc1Cl. The molecule has 0 aliphatic heterocycles. The summed E-state index contributed by atoms with van der Waals surface area (Å²) in [5, 5.41) is 13.7. The van der Waals surface area contributed by atoms with Crippen molar-refractivity contribution in [1.29, 1.82) is 0 Å². The Morgan fingerprint density at radius 1 is 1.41 bits per heavy atom. The Morgan fingerprint density at radius 2 is 2.24 bits per heavy atom. The van der Waals surface area contributed by atoms with E-state index in [1.165, 1.54) is 0 Å². The number of nitrogens with zero attached hydrogens (tertiary/aromatic N) is 2. The lowest BCUT2D eigenvalue weighted by Crippen LogP contribution is -1.98. The summed E-state index contributed by atoms with van der Waals surface area (Å²) < 4.78 is 6.80. The van der Waals surface area contributed by atoms with Crippen molar-refractivity contribution < 1.29 is 9.84 Å². The molecule has 0 aliphatic carbocycles. The van der Waals surface area contributed by atoms with Crippen LogP contribution in [0.5, 0.6) is 5.75 Å². The molecule has 0 fully saturated rings. The van der Waals surface area contributed by atoms with Gasteiger partial charge in [0, 0.05) is 19.2 Å². The number of aliphatic hydroxyl groups excluding tert-OH is 1. The van der Waals surface area contributed by atoms with Crippen molar-refractivity contribution in [1.82, 2.24) is 9.78 Å². The number of aliphatic hydroxyl groups is 1. The summed E-state index contributed by atoms with van der Waals surface area (Å²) in [6, 6.07) is 7.33. The van der Waals surface area contributed by atoms with Crippen LogP contribution in [0.3, 0.4) is 0 Å². The molecule has 1 N–H and O–H groups in total. The van der Waals surface area contributed by atoms with Crippen LogP contribution in [0.4, 0.5) is 0 Å². The minimum absolute atomic E-state index is 0.0976. The molecule has 5 heteroatoms. The van der Waals surface area contributed by atoms with Crippen LogP contribution in [0.2, 0.25) is 5.02 Å². The Bertz CT molecular complexity index is 511. The Balaban J connectivity index is 2.29. The van der Waals surface area contributed by atoms with Gasteiger partial charge in [0.1, 0.15) is 5.75 Å². The second-order valence-electron chi connectivity index (χ2n) is 3.54. The van der Waals surface area contributed by atoms with Gasteiger partial charge < -0.3 is 9.84 Å². The average Bonchev–Trinajstić information content (AvgIpc) is 2.78. The van der Waals surface area contributed by atoms with E-state index in [0.29, 0.717) is 17.2 Å². The van der Waals surface area contributed by atoms with Crippen molar-refractivity contribution in [3.63, 3.8) is 0 Å². The molecule has 0 atom stereocenters. The molecule has 0 radical (unpaired) electrons. The van der Waals surface area contributed by atoms with Crippen molar-refractivity contribution in [3.05, 3.63) is 41.2 Å². The standard InChI is InChI=1S/C12H13ClN2O2/c1-17-12-3-2-10(8-11(12)13)15-6-4-9(14-15)5-7-16/h2-4,6,8,16H,5,7H2,1H3. The van der Waals surface area contributed by atoms with Crippen molar-refractivity contribution in [2.24, 2.45) is 0 Å². The third kappa shape index (κ3) is 2.60. The first-order valence-corrected chi connectivity index (χ1v) is 5.61. The predicted octanol–water partition coefficient (Wildman–Crippen LogP) is 2.07. The van der Waals surface area contributed by atoms with Gasteiger partial charge in [0.25, 0.3) is 0 Å². The van der Waals surface area contributed by atoms with Crippen LogP contribution >= 0.6 is 11.6 Å². The molecule has 2 rings (SSSR count). The minimum atomic E-state index is 0.0976. The van der Waals surface area contributed by atoms with Gasteiger partial charge in [-0.2, -0.15) is 5.10 Å². The van der Waals surface area contributed by atoms with Crippen LogP contribution in [0, 0.1) is 0 Å². The quantitative estimate of drug-likeness (QED) is 0.906. The smallest absolute Gasteiger partial charge is 0.137 e. The number of aromatic nitrogens is 2. The third-order valence-corrected chi connectivity index (χ3v) is 2.71. The number of benzene rings is 1. The molecule has 0 aliphatic rings. The molecule has 1 heterocycles. The van der Waals surface area contributed by atoms with Gasteiger partial charge in [0.15, 0.2) is 0 Å². The molecule has 0 unspecified atom stereocenters. The molecule has 0 saturated carbocycles. The molecule has 0 amide bonds. The minimum Gasteiger partial charge on any atom is -0.495 e. The highest BCUT2D eigenvalue weighted by Gasteiger charge is 2.05. The summed E-state index contributed by atoms with van der Waals surface area (Å²) in [6.45, 7) is 0.0976. The second kappa shape index (κ2) is 5.21. The normalized spacial score (nSPS) is 10.5. The number of halogens is 1. The number of hydrogen-bond acceptors (Lipinski definition) is 3. The van der Waals surface area contributed by atoms with E-state index < -0.39 is 0 Å². The zero-order valence-electron chi connectivity index (χ0n) is 9.43. The Labute approximate surface area is 104 Å². The molecule has 4 nitrogen and oxygen atoms in total. The lowest BCUT2D eigenvalue weighted by Gasteiger charge is -2.06. The van der Waals surface area contributed by atoms with E-state index in [2.05, 4.69) is 5.10 Å². The van der Waals surface area contributed by atoms with Gasteiger partial charge in [-0.15, -0.1) is 0 Å². The van der Waals surface area contributed by atoms with E-state index in [4.69, 9.17) is 21.4 Å². The first kappa shape index (κ1) is 12.0. The molecule has 17 heavy (non-hydrogen) atoms. The fourth-order valence-electron chi connectivity index (χ4n) is 1.55. The monoisotopic (exact) mass is 252 g/mol. The van der Waals surface area contributed by atoms with Crippen LogP contribution in [-0.4, -0.2) is 28.6 Å². The van der Waals surface area contributed by atoms with E-state index in [1.54, 1.807) is 23.9 Å². The van der Waals surface area contributed by atoms with Crippen LogP contribution in [0.1, 0.15) is 5.69 Å². The zero-order valence-corrected chi connectivity index (χ0v) is 10.2. The topological polar surface area (TPSA) is 47.3 Å². The van der Waals surface area contributed by atoms with Crippen molar-refractivity contribution >= 4 is 11.6 Å². The highest BCUT2D eigenvalue weighted by atomic mass is 35.5. The summed E-state index contributed by atoms with van der Waals surface area (Å²) >= 11 is 6.04. The van der Waals surface area contributed by atoms with Crippen LogP contribution in [0.25, 0.3) is 5.69 Å². The predicted molar refractivity (Wildman–Crippen MR) is 65.9 cm³/mol. The Kier molecular flexibility index (Phi) is 3.66. The van der Waals surface area contributed by atoms with Crippen LogP contribution in [0.15, 0.2) is 30.5 Å². The van der Waals surface area contributed by atoms with E-state index in [0.717, 1.165) is 11.4 Å². The summed E-state index contributed by atoms with van der Waals surface area (Å²) in [5.74, 6) is 0.637. The molecule has 0 saturated heterocycles. The number of rotatable bonds is 4. The number of ether oxygens (including phenoxy) is 1. The highest BCUT2D eigenvalue weighted by molar-refractivity contribution is 6.32. The summed E-state index contributed by atoms with van der Waals surface area (Å²) in [4.78, 5) is 0. The fraction of sp³-hybridized carbons (Fsp3) is 0.250. The molecule has 0 spiro atoms. The maximum Gasteiger partial charge on any atom is 0.137 e. The first-order valence-electron chi connectivity index (χ1n) is 5.24. The lowest BCUT2D eigenvalue weighted by atomic mass is 10.3. The van der Waals surface area contributed by atoms with E-state index >= 15 is 0 Å². The first-order chi connectivity index (χ1) is 8.24. The highest BCUT2D eigenvalue weighted by Crippen LogP contribution is 2.26. The third-order valence-electron chi connectivity index (χ3n) is 2.41. The van der Waals surface area contributed by atoms with Gasteiger partial charge in [-0.25, -0.2) is 4.68 Å². The Hall–Kier alpha value is -1.52. The summed E-state index contributed by atoms with van der Waals surface area (Å²) in [6.07, 6.45) is 2.39. The summed E-state index contributed by atoms with van der Waals surface area (Å²) in [5.41, 5.74) is 1.71.